The largest absolute Gasteiger partial charge is 0.481 e. The van der Waals surface area contributed by atoms with Crippen LogP contribution in [0.4, 0.5) is 0 Å². The number of aliphatic carboxylic acids is 1. The number of benzene rings is 1. The lowest BCUT2D eigenvalue weighted by Gasteiger charge is -2.39. The van der Waals surface area contributed by atoms with Crippen LogP contribution in [-0.2, 0) is 11.3 Å². The van der Waals surface area contributed by atoms with Crippen molar-refractivity contribution in [1.82, 2.24) is 4.90 Å². The molecule has 0 aromatic heterocycles. The van der Waals surface area contributed by atoms with E-state index in [2.05, 4.69) is 36.1 Å². The van der Waals surface area contributed by atoms with Crippen molar-refractivity contribution in [1.29, 1.82) is 0 Å². The van der Waals surface area contributed by atoms with E-state index in [0.717, 1.165) is 32.5 Å². The van der Waals surface area contributed by atoms with Crippen LogP contribution in [-0.4, -0.2) is 29.1 Å². The van der Waals surface area contributed by atoms with Crippen molar-refractivity contribution in [2.75, 3.05) is 13.1 Å². The molecule has 1 atom stereocenters. The number of carboxylic acid groups (broad SMARTS) is 1. The smallest absolute Gasteiger partial charge is 0.303 e. The summed E-state index contributed by atoms with van der Waals surface area (Å²) in [5, 5.41) is 8.99. The zero-order valence-electron chi connectivity index (χ0n) is 10.9. The lowest BCUT2D eigenvalue weighted by Crippen LogP contribution is -2.42. The second-order valence-corrected chi connectivity index (χ2v) is 5.68. The van der Waals surface area contributed by atoms with Crippen LogP contribution in [0.15, 0.2) is 30.3 Å². The third-order valence-corrected chi connectivity index (χ3v) is 3.69. The van der Waals surface area contributed by atoms with E-state index in [1.807, 2.05) is 6.07 Å². The Balaban J connectivity index is 1.96. The standard InChI is InChI=1S/C15H21NO2/c1-15(10-14(17)18)8-5-9-16(12-15)11-13-6-3-2-4-7-13/h2-4,6-7H,5,8-12H2,1H3,(H,17,18). The third-order valence-electron chi connectivity index (χ3n) is 3.69. The lowest BCUT2D eigenvalue weighted by atomic mass is 9.79. The molecule has 1 saturated heterocycles. The van der Waals surface area contributed by atoms with Crippen molar-refractivity contribution in [3.63, 3.8) is 0 Å². The molecule has 1 aliphatic rings. The molecular weight excluding hydrogens is 226 g/mol. The van der Waals surface area contributed by atoms with Crippen LogP contribution in [0.1, 0.15) is 31.7 Å². The first-order valence-electron chi connectivity index (χ1n) is 6.55. The summed E-state index contributed by atoms with van der Waals surface area (Å²) in [6.45, 7) is 4.98. The van der Waals surface area contributed by atoms with E-state index in [1.165, 1.54) is 5.56 Å². The van der Waals surface area contributed by atoms with Crippen molar-refractivity contribution in [3.8, 4) is 0 Å². The fourth-order valence-corrected chi connectivity index (χ4v) is 2.91. The summed E-state index contributed by atoms with van der Waals surface area (Å²) in [5.74, 6) is -0.681. The number of carbonyl (C=O) groups is 1. The first-order valence-corrected chi connectivity index (χ1v) is 6.55. The highest BCUT2D eigenvalue weighted by molar-refractivity contribution is 5.67. The highest BCUT2D eigenvalue weighted by Crippen LogP contribution is 2.33. The highest BCUT2D eigenvalue weighted by atomic mass is 16.4. The summed E-state index contributed by atoms with van der Waals surface area (Å²) in [6, 6.07) is 10.4. The van der Waals surface area contributed by atoms with Crippen molar-refractivity contribution in [2.45, 2.75) is 32.7 Å². The average molecular weight is 247 g/mol. The van der Waals surface area contributed by atoms with Gasteiger partial charge in [-0.25, -0.2) is 0 Å². The zero-order chi connectivity index (χ0) is 13.0. The second-order valence-electron chi connectivity index (χ2n) is 5.68. The third kappa shape index (κ3) is 3.57. The fourth-order valence-electron chi connectivity index (χ4n) is 2.91. The second kappa shape index (κ2) is 5.53. The highest BCUT2D eigenvalue weighted by Gasteiger charge is 2.32. The molecule has 1 aromatic carbocycles. The Morgan fingerprint density at radius 3 is 2.78 bits per heavy atom. The first-order chi connectivity index (χ1) is 8.57. The molecule has 1 N–H and O–H groups in total. The van der Waals surface area contributed by atoms with Crippen molar-refractivity contribution < 1.29 is 9.90 Å². The van der Waals surface area contributed by atoms with Crippen LogP contribution in [0, 0.1) is 5.41 Å². The minimum absolute atomic E-state index is 0.0706. The predicted molar refractivity (Wildman–Crippen MR) is 71.3 cm³/mol. The average Bonchev–Trinajstić information content (AvgIpc) is 2.28. The van der Waals surface area contributed by atoms with Crippen LogP contribution in [0.2, 0.25) is 0 Å². The Bertz CT molecular complexity index is 404. The number of carboxylic acids is 1. The van der Waals surface area contributed by atoms with Crippen LogP contribution in [0.25, 0.3) is 0 Å². The molecule has 0 amide bonds. The van der Waals surface area contributed by atoms with Crippen molar-refractivity contribution >= 4 is 5.97 Å². The van der Waals surface area contributed by atoms with Crippen LogP contribution < -0.4 is 0 Å². The molecule has 0 saturated carbocycles. The van der Waals surface area contributed by atoms with Gasteiger partial charge in [0.15, 0.2) is 0 Å². The number of likely N-dealkylation sites (tertiary alicyclic amines) is 1. The minimum Gasteiger partial charge on any atom is -0.481 e. The predicted octanol–water partition coefficient (Wildman–Crippen LogP) is 2.76. The first kappa shape index (κ1) is 13.1. The fraction of sp³-hybridized carbons (Fsp3) is 0.533. The summed E-state index contributed by atoms with van der Waals surface area (Å²) >= 11 is 0. The molecule has 0 spiro atoms. The van der Waals surface area contributed by atoms with Crippen LogP contribution >= 0.6 is 0 Å². The SMILES string of the molecule is CC1(CC(=O)O)CCCN(Cc2ccccc2)C1. The molecule has 0 radical (unpaired) electrons. The Morgan fingerprint density at radius 1 is 1.39 bits per heavy atom. The molecule has 2 rings (SSSR count). The molecule has 98 valence electrons. The Morgan fingerprint density at radius 2 is 2.11 bits per heavy atom. The monoisotopic (exact) mass is 247 g/mol. The van der Waals surface area contributed by atoms with Gasteiger partial charge in [-0.05, 0) is 30.4 Å². The Kier molecular flexibility index (Phi) is 4.02. The molecule has 18 heavy (non-hydrogen) atoms. The summed E-state index contributed by atoms with van der Waals surface area (Å²) < 4.78 is 0. The van der Waals surface area contributed by atoms with E-state index >= 15 is 0 Å². The van der Waals surface area contributed by atoms with Gasteiger partial charge in [-0.2, -0.15) is 0 Å². The van der Waals surface area contributed by atoms with Gasteiger partial charge in [0.2, 0.25) is 0 Å². The topological polar surface area (TPSA) is 40.5 Å². The molecule has 3 heteroatoms. The molecule has 1 heterocycles. The quantitative estimate of drug-likeness (QED) is 0.889. The van der Waals surface area contributed by atoms with Crippen LogP contribution in [0.5, 0.6) is 0 Å². The zero-order valence-corrected chi connectivity index (χ0v) is 10.9. The van der Waals surface area contributed by atoms with E-state index < -0.39 is 5.97 Å². The molecule has 1 aliphatic heterocycles. The normalized spacial score (nSPS) is 24.9. The summed E-state index contributed by atoms with van der Waals surface area (Å²) in [6.07, 6.45) is 2.39. The molecule has 0 bridgehead atoms. The number of piperidine rings is 1. The summed E-state index contributed by atoms with van der Waals surface area (Å²) in [5.41, 5.74) is 1.23. The molecule has 1 unspecified atom stereocenters. The van der Waals surface area contributed by atoms with Gasteiger partial charge in [-0.3, -0.25) is 9.69 Å². The number of rotatable bonds is 4. The molecular formula is C15H21NO2. The minimum atomic E-state index is -0.681. The lowest BCUT2D eigenvalue weighted by molar-refractivity contribution is -0.140. The Labute approximate surface area is 108 Å². The maximum atomic E-state index is 10.9. The van der Waals surface area contributed by atoms with Gasteiger partial charge in [-0.15, -0.1) is 0 Å². The summed E-state index contributed by atoms with van der Waals surface area (Å²) in [7, 11) is 0. The van der Waals surface area contributed by atoms with Crippen molar-refractivity contribution in [2.24, 2.45) is 5.41 Å². The number of hydrogen-bond acceptors (Lipinski definition) is 2. The van der Waals surface area contributed by atoms with E-state index in [9.17, 15) is 4.79 Å². The molecule has 1 aromatic rings. The maximum absolute atomic E-state index is 10.9. The van der Waals surface area contributed by atoms with E-state index in [0.29, 0.717) is 0 Å². The van der Waals surface area contributed by atoms with Gasteiger partial charge in [0.05, 0.1) is 6.42 Å². The van der Waals surface area contributed by atoms with E-state index in [1.54, 1.807) is 0 Å². The summed E-state index contributed by atoms with van der Waals surface area (Å²) in [4.78, 5) is 13.3. The van der Waals surface area contributed by atoms with Gasteiger partial charge in [0.1, 0.15) is 0 Å². The van der Waals surface area contributed by atoms with E-state index in [4.69, 9.17) is 5.11 Å². The molecule has 1 fully saturated rings. The molecule has 0 aliphatic carbocycles. The number of hydrogen-bond donors (Lipinski definition) is 1. The van der Waals surface area contributed by atoms with Crippen molar-refractivity contribution in [3.05, 3.63) is 35.9 Å². The molecule has 3 nitrogen and oxygen atoms in total. The van der Waals surface area contributed by atoms with E-state index in [-0.39, 0.29) is 11.8 Å². The van der Waals surface area contributed by atoms with Gasteiger partial charge >= 0.3 is 5.97 Å². The van der Waals surface area contributed by atoms with Gasteiger partial charge in [-0.1, -0.05) is 37.3 Å². The number of nitrogens with zero attached hydrogens (tertiary/aromatic N) is 1. The maximum Gasteiger partial charge on any atom is 0.303 e. The van der Waals surface area contributed by atoms with Crippen LogP contribution in [0.3, 0.4) is 0 Å². The van der Waals surface area contributed by atoms with Gasteiger partial charge in [0.25, 0.3) is 0 Å². The van der Waals surface area contributed by atoms with Gasteiger partial charge in [0, 0.05) is 13.1 Å². The Hall–Kier alpha value is -1.35. The van der Waals surface area contributed by atoms with Gasteiger partial charge < -0.3 is 5.11 Å².